The van der Waals surface area contributed by atoms with Gasteiger partial charge in [0.2, 0.25) is 11.8 Å². The van der Waals surface area contributed by atoms with E-state index in [1.165, 1.54) is 0 Å². The lowest BCUT2D eigenvalue weighted by Crippen LogP contribution is -2.45. The zero-order chi connectivity index (χ0) is 21.0. The van der Waals surface area contributed by atoms with Gasteiger partial charge >= 0.3 is 5.97 Å². The standard InChI is InChI=1S/C19H36N2O4S2/c1-13(18(24)25)16(19(2,3)4)17(23)21-11-10-20-15(22)8-6-5-7-14(27)9-12-26/h13-14,16,26-27H,5-12H2,1-4H3,(H,20,22)(H,21,23)(H,24,25). The van der Waals surface area contributed by atoms with E-state index in [4.69, 9.17) is 0 Å². The van der Waals surface area contributed by atoms with Crippen LogP contribution in [0.3, 0.4) is 0 Å². The van der Waals surface area contributed by atoms with Crippen molar-refractivity contribution < 1.29 is 19.5 Å². The molecule has 0 bridgehead atoms. The highest BCUT2D eigenvalue weighted by molar-refractivity contribution is 7.81. The fourth-order valence-electron chi connectivity index (χ4n) is 3.06. The van der Waals surface area contributed by atoms with Gasteiger partial charge < -0.3 is 15.7 Å². The second kappa shape index (κ2) is 13.3. The number of carboxylic acids is 1. The summed E-state index contributed by atoms with van der Waals surface area (Å²) in [7, 11) is 0. The van der Waals surface area contributed by atoms with Gasteiger partial charge in [-0.1, -0.05) is 34.1 Å². The molecule has 3 atom stereocenters. The molecular weight excluding hydrogens is 384 g/mol. The highest BCUT2D eigenvalue weighted by Crippen LogP contribution is 2.32. The van der Waals surface area contributed by atoms with Crippen molar-refractivity contribution in [2.45, 2.75) is 65.0 Å². The average molecular weight is 421 g/mol. The molecule has 0 heterocycles. The lowest BCUT2D eigenvalue weighted by molar-refractivity contribution is -0.149. The van der Waals surface area contributed by atoms with Crippen LogP contribution in [0.5, 0.6) is 0 Å². The predicted octanol–water partition coefficient (Wildman–Crippen LogP) is 2.78. The lowest BCUT2D eigenvalue weighted by Gasteiger charge is -2.32. The van der Waals surface area contributed by atoms with Crippen molar-refractivity contribution in [3.05, 3.63) is 0 Å². The van der Waals surface area contributed by atoms with E-state index in [0.717, 1.165) is 31.4 Å². The van der Waals surface area contributed by atoms with E-state index in [-0.39, 0.29) is 18.4 Å². The third-order valence-electron chi connectivity index (χ3n) is 4.50. The third-order valence-corrected chi connectivity index (χ3v) is 5.28. The summed E-state index contributed by atoms with van der Waals surface area (Å²) in [6.07, 6.45) is 4.16. The summed E-state index contributed by atoms with van der Waals surface area (Å²) < 4.78 is 0. The van der Waals surface area contributed by atoms with E-state index < -0.39 is 23.2 Å². The number of carbonyl (C=O) groups is 3. The summed E-state index contributed by atoms with van der Waals surface area (Å²) in [5, 5.41) is 15.1. The Morgan fingerprint density at radius 1 is 1.04 bits per heavy atom. The van der Waals surface area contributed by atoms with Crippen LogP contribution in [-0.4, -0.2) is 47.0 Å². The number of amides is 2. The van der Waals surface area contributed by atoms with Crippen molar-refractivity contribution in [3.8, 4) is 0 Å². The molecule has 0 aliphatic carbocycles. The molecule has 0 rings (SSSR count). The van der Waals surface area contributed by atoms with Crippen LogP contribution in [0.25, 0.3) is 0 Å². The van der Waals surface area contributed by atoms with E-state index in [1.807, 2.05) is 20.8 Å². The fraction of sp³-hybridized carbons (Fsp3) is 0.842. The molecule has 158 valence electrons. The van der Waals surface area contributed by atoms with Crippen LogP contribution in [0.1, 0.15) is 59.8 Å². The van der Waals surface area contributed by atoms with E-state index >= 15 is 0 Å². The van der Waals surface area contributed by atoms with Gasteiger partial charge in [0.1, 0.15) is 0 Å². The van der Waals surface area contributed by atoms with Gasteiger partial charge in [-0.3, -0.25) is 14.4 Å². The van der Waals surface area contributed by atoms with Gasteiger partial charge in [0.15, 0.2) is 0 Å². The Labute approximate surface area is 174 Å². The number of carboxylic acid groups (broad SMARTS) is 1. The minimum absolute atomic E-state index is 0.0413. The molecule has 2 amide bonds. The van der Waals surface area contributed by atoms with Crippen molar-refractivity contribution in [1.82, 2.24) is 10.6 Å². The van der Waals surface area contributed by atoms with Gasteiger partial charge in [-0.2, -0.15) is 25.3 Å². The highest BCUT2D eigenvalue weighted by Gasteiger charge is 2.38. The topological polar surface area (TPSA) is 95.5 Å². The molecule has 0 aliphatic rings. The normalized spacial score (nSPS) is 14.9. The number of aliphatic carboxylic acids is 1. The quantitative estimate of drug-likeness (QED) is 0.234. The smallest absolute Gasteiger partial charge is 0.307 e. The first-order valence-electron chi connectivity index (χ1n) is 9.56. The van der Waals surface area contributed by atoms with E-state index in [2.05, 4.69) is 35.9 Å². The molecule has 0 radical (unpaired) electrons. The molecule has 0 aromatic rings. The molecule has 6 nitrogen and oxygen atoms in total. The zero-order valence-electron chi connectivity index (χ0n) is 17.0. The van der Waals surface area contributed by atoms with Crippen molar-refractivity contribution in [1.29, 1.82) is 0 Å². The first-order valence-corrected chi connectivity index (χ1v) is 10.7. The van der Waals surface area contributed by atoms with Gasteiger partial charge in [0.05, 0.1) is 11.8 Å². The van der Waals surface area contributed by atoms with Gasteiger partial charge in [0.25, 0.3) is 0 Å². The molecule has 0 saturated heterocycles. The van der Waals surface area contributed by atoms with Gasteiger partial charge in [-0.25, -0.2) is 0 Å². The highest BCUT2D eigenvalue weighted by atomic mass is 32.1. The predicted molar refractivity (Wildman–Crippen MR) is 115 cm³/mol. The first-order chi connectivity index (χ1) is 12.5. The summed E-state index contributed by atoms with van der Waals surface area (Å²) in [5.74, 6) is -1.93. The van der Waals surface area contributed by atoms with Crippen molar-refractivity contribution >= 4 is 43.0 Å². The van der Waals surface area contributed by atoms with Crippen LogP contribution in [0.15, 0.2) is 0 Å². The van der Waals surface area contributed by atoms with E-state index in [9.17, 15) is 19.5 Å². The van der Waals surface area contributed by atoms with Crippen LogP contribution in [-0.2, 0) is 14.4 Å². The van der Waals surface area contributed by atoms with Crippen molar-refractivity contribution in [2.75, 3.05) is 18.8 Å². The van der Waals surface area contributed by atoms with Crippen LogP contribution >= 0.6 is 25.3 Å². The summed E-state index contributed by atoms with van der Waals surface area (Å²) in [6.45, 7) is 7.71. The molecule has 0 fully saturated rings. The molecule has 3 unspecified atom stereocenters. The Kier molecular flexibility index (Phi) is 12.9. The van der Waals surface area contributed by atoms with Crippen molar-refractivity contribution in [2.24, 2.45) is 17.3 Å². The summed E-state index contributed by atoms with van der Waals surface area (Å²) in [6, 6.07) is 0. The largest absolute Gasteiger partial charge is 0.481 e. The van der Waals surface area contributed by atoms with Crippen LogP contribution in [0, 0.1) is 17.3 Å². The zero-order valence-corrected chi connectivity index (χ0v) is 18.7. The van der Waals surface area contributed by atoms with Crippen LogP contribution < -0.4 is 10.6 Å². The number of nitrogens with one attached hydrogen (secondary N) is 2. The van der Waals surface area contributed by atoms with E-state index in [0.29, 0.717) is 18.2 Å². The second-order valence-corrected chi connectivity index (χ2v) is 9.20. The number of carbonyl (C=O) groups excluding carboxylic acids is 2. The molecule has 0 saturated carbocycles. The lowest BCUT2D eigenvalue weighted by atomic mass is 9.73. The summed E-state index contributed by atoms with van der Waals surface area (Å²) >= 11 is 8.64. The average Bonchev–Trinajstić information content (AvgIpc) is 2.54. The van der Waals surface area contributed by atoms with Gasteiger partial charge in [-0.05, 0) is 30.4 Å². The monoisotopic (exact) mass is 420 g/mol. The number of rotatable bonds is 13. The molecule has 0 aromatic heterocycles. The van der Waals surface area contributed by atoms with Crippen LogP contribution in [0.2, 0.25) is 0 Å². The Balaban J connectivity index is 4.12. The molecule has 27 heavy (non-hydrogen) atoms. The number of thiol groups is 2. The van der Waals surface area contributed by atoms with Gasteiger partial charge in [0, 0.05) is 24.8 Å². The molecule has 8 heteroatoms. The number of unbranched alkanes of at least 4 members (excludes halogenated alkanes) is 1. The molecular formula is C19H36N2O4S2. The molecule has 0 aromatic carbocycles. The first kappa shape index (κ1) is 26.1. The van der Waals surface area contributed by atoms with Gasteiger partial charge in [-0.15, -0.1) is 0 Å². The van der Waals surface area contributed by atoms with Crippen molar-refractivity contribution in [3.63, 3.8) is 0 Å². The molecule has 3 N–H and O–H groups in total. The molecule has 0 spiro atoms. The fourth-order valence-corrected chi connectivity index (χ4v) is 3.88. The third kappa shape index (κ3) is 11.5. The maximum atomic E-state index is 12.4. The number of hydrogen-bond donors (Lipinski definition) is 5. The molecule has 0 aliphatic heterocycles. The second-order valence-electron chi connectivity index (χ2n) is 8.02. The summed E-state index contributed by atoms with van der Waals surface area (Å²) in [4.78, 5) is 35.5. The Morgan fingerprint density at radius 3 is 2.15 bits per heavy atom. The maximum absolute atomic E-state index is 12.4. The van der Waals surface area contributed by atoms with Crippen LogP contribution in [0.4, 0.5) is 0 Å². The van der Waals surface area contributed by atoms with E-state index in [1.54, 1.807) is 6.92 Å². The summed E-state index contributed by atoms with van der Waals surface area (Å²) in [5.41, 5.74) is -0.469. The SMILES string of the molecule is CC(C(=O)O)C(C(=O)NCCNC(=O)CCCCC(S)CCS)C(C)(C)C. The maximum Gasteiger partial charge on any atom is 0.307 e. The Bertz CT molecular complexity index is 481. The Hall–Kier alpha value is -0.890. The minimum atomic E-state index is -0.990. The minimum Gasteiger partial charge on any atom is -0.481 e. The Morgan fingerprint density at radius 2 is 1.63 bits per heavy atom. The number of hydrogen-bond acceptors (Lipinski definition) is 5.